The van der Waals surface area contributed by atoms with E-state index in [1.807, 2.05) is 24.4 Å². The van der Waals surface area contributed by atoms with Gasteiger partial charge in [0.25, 0.3) is 5.91 Å². The van der Waals surface area contributed by atoms with Crippen LogP contribution in [0.2, 0.25) is 0 Å². The lowest BCUT2D eigenvalue weighted by molar-refractivity contribution is -0.121. The first-order chi connectivity index (χ1) is 14.4. The van der Waals surface area contributed by atoms with E-state index in [1.54, 1.807) is 17.0 Å². The summed E-state index contributed by atoms with van der Waals surface area (Å²) in [6.45, 7) is 3.51. The van der Waals surface area contributed by atoms with Gasteiger partial charge in [0.2, 0.25) is 15.9 Å². The van der Waals surface area contributed by atoms with Crippen molar-refractivity contribution in [3.8, 4) is 0 Å². The maximum atomic E-state index is 12.6. The smallest absolute Gasteiger partial charge is 0.263 e. The Hall–Kier alpha value is -2.23. The number of unbranched alkanes of at least 4 members (excludes halogenated alkanes) is 1. The van der Waals surface area contributed by atoms with Crippen LogP contribution in [-0.4, -0.2) is 44.8 Å². The third-order valence-corrected chi connectivity index (χ3v) is 7.47. The van der Waals surface area contributed by atoms with E-state index in [9.17, 15) is 18.0 Å². The molecule has 0 atom stereocenters. The van der Waals surface area contributed by atoms with Gasteiger partial charge >= 0.3 is 0 Å². The van der Waals surface area contributed by atoms with Crippen molar-refractivity contribution in [2.45, 2.75) is 37.5 Å². The zero-order valence-corrected chi connectivity index (χ0v) is 18.6. The summed E-state index contributed by atoms with van der Waals surface area (Å²) in [6.07, 6.45) is 2.91. The van der Waals surface area contributed by atoms with Crippen LogP contribution in [-0.2, 0) is 14.8 Å². The van der Waals surface area contributed by atoms with E-state index in [4.69, 9.17) is 0 Å². The van der Waals surface area contributed by atoms with Crippen molar-refractivity contribution in [1.29, 1.82) is 0 Å². The number of rotatable bonds is 8. The second-order valence-electron chi connectivity index (χ2n) is 7.31. The number of carbonyl (C=O) groups excluding carboxylic acids is 2. The lowest BCUT2D eigenvalue weighted by atomic mass is 9.95. The molecule has 1 aliphatic heterocycles. The van der Waals surface area contributed by atoms with Crippen LogP contribution >= 0.6 is 11.3 Å². The molecule has 30 heavy (non-hydrogen) atoms. The molecule has 0 saturated carbocycles. The van der Waals surface area contributed by atoms with E-state index in [0.717, 1.165) is 17.7 Å². The molecule has 3 rings (SSSR count). The molecule has 7 nitrogen and oxygen atoms in total. The van der Waals surface area contributed by atoms with Crippen molar-refractivity contribution in [2.75, 3.05) is 25.0 Å². The summed E-state index contributed by atoms with van der Waals surface area (Å²) in [6, 6.07) is 9.85. The topological polar surface area (TPSA) is 95.6 Å². The molecule has 1 fully saturated rings. The molecule has 0 spiro atoms. The van der Waals surface area contributed by atoms with Gasteiger partial charge in [0.1, 0.15) is 0 Å². The summed E-state index contributed by atoms with van der Waals surface area (Å²) in [5, 5.41) is 4.74. The Labute approximate surface area is 181 Å². The SMILES string of the molecule is CCCCNS(=O)(=O)c1ccc(NC(=O)C2CCN(C(=O)c3cccs3)CC2)cc1. The number of thiophene rings is 1. The number of hydrogen-bond donors (Lipinski definition) is 2. The fourth-order valence-corrected chi connectivity index (χ4v) is 5.09. The number of piperidine rings is 1. The Bertz CT molecular complexity index is 949. The molecule has 1 saturated heterocycles. The van der Waals surface area contributed by atoms with E-state index in [1.165, 1.54) is 23.5 Å². The number of sulfonamides is 1. The van der Waals surface area contributed by atoms with Crippen LogP contribution in [0.1, 0.15) is 42.3 Å². The number of amides is 2. The van der Waals surface area contributed by atoms with Gasteiger partial charge in [-0.1, -0.05) is 19.4 Å². The van der Waals surface area contributed by atoms with Crippen molar-refractivity contribution < 1.29 is 18.0 Å². The lowest BCUT2D eigenvalue weighted by Crippen LogP contribution is -2.41. The number of nitrogens with one attached hydrogen (secondary N) is 2. The molecular formula is C21H27N3O4S2. The highest BCUT2D eigenvalue weighted by Gasteiger charge is 2.28. The molecule has 0 radical (unpaired) electrons. The molecule has 2 N–H and O–H groups in total. The maximum absolute atomic E-state index is 12.6. The van der Waals surface area contributed by atoms with Gasteiger partial charge in [0.15, 0.2) is 0 Å². The van der Waals surface area contributed by atoms with Crippen LogP contribution in [0.4, 0.5) is 5.69 Å². The number of hydrogen-bond acceptors (Lipinski definition) is 5. The van der Waals surface area contributed by atoms with E-state index in [0.29, 0.717) is 38.2 Å². The Morgan fingerprint density at radius 3 is 2.43 bits per heavy atom. The van der Waals surface area contributed by atoms with E-state index in [-0.39, 0.29) is 22.6 Å². The van der Waals surface area contributed by atoms with Crippen LogP contribution < -0.4 is 10.0 Å². The monoisotopic (exact) mass is 449 g/mol. The summed E-state index contributed by atoms with van der Waals surface area (Å²) in [5.74, 6) is -0.250. The van der Waals surface area contributed by atoms with Crippen molar-refractivity contribution >= 4 is 38.9 Å². The first-order valence-corrected chi connectivity index (χ1v) is 12.5. The molecule has 0 unspecified atom stereocenters. The van der Waals surface area contributed by atoms with Gasteiger partial charge in [-0.05, 0) is 55.0 Å². The average Bonchev–Trinajstić information content (AvgIpc) is 3.29. The largest absolute Gasteiger partial charge is 0.338 e. The predicted molar refractivity (Wildman–Crippen MR) is 118 cm³/mol. The molecule has 1 aromatic heterocycles. The van der Waals surface area contributed by atoms with E-state index < -0.39 is 10.0 Å². The van der Waals surface area contributed by atoms with Crippen LogP contribution in [0, 0.1) is 5.92 Å². The molecule has 2 amide bonds. The molecular weight excluding hydrogens is 422 g/mol. The Morgan fingerprint density at radius 2 is 1.83 bits per heavy atom. The van der Waals surface area contributed by atoms with Crippen molar-refractivity contribution in [2.24, 2.45) is 5.92 Å². The maximum Gasteiger partial charge on any atom is 0.263 e. The molecule has 9 heteroatoms. The zero-order chi connectivity index (χ0) is 21.6. The third-order valence-electron chi connectivity index (χ3n) is 5.14. The van der Waals surface area contributed by atoms with Crippen molar-refractivity contribution in [3.05, 3.63) is 46.7 Å². The second-order valence-corrected chi connectivity index (χ2v) is 10.0. The second kappa shape index (κ2) is 10.2. The van der Waals surface area contributed by atoms with Crippen LogP contribution in [0.25, 0.3) is 0 Å². The summed E-state index contributed by atoms with van der Waals surface area (Å²) in [5.41, 5.74) is 0.560. The summed E-state index contributed by atoms with van der Waals surface area (Å²) < 4.78 is 27.0. The number of likely N-dealkylation sites (tertiary alicyclic amines) is 1. The summed E-state index contributed by atoms with van der Waals surface area (Å²) in [7, 11) is -3.53. The van der Waals surface area contributed by atoms with Crippen LogP contribution in [0.3, 0.4) is 0 Å². The van der Waals surface area contributed by atoms with Gasteiger partial charge in [-0.3, -0.25) is 9.59 Å². The number of benzene rings is 1. The molecule has 162 valence electrons. The standard InChI is InChI=1S/C21H27N3O4S2/c1-2-3-12-22-30(27,28)18-8-6-17(7-9-18)23-20(25)16-10-13-24(14-11-16)21(26)19-5-4-15-29-19/h4-9,15-16,22H,2-3,10-14H2,1H3,(H,23,25). The Morgan fingerprint density at radius 1 is 1.13 bits per heavy atom. The van der Waals surface area contributed by atoms with E-state index in [2.05, 4.69) is 10.0 Å². The van der Waals surface area contributed by atoms with Gasteiger partial charge in [-0.25, -0.2) is 13.1 Å². The van der Waals surface area contributed by atoms with Gasteiger partial charge < -0.3 is 10.2 Å². The Balaban J connectivity index is 1.51. The highest BCUT2D eigenvalue weighted by Crippen LogP contribution is 2.23. The molecule has 0 aliphatic carbocycles. The Kier molecular flexibility index (Phi) is 7.63. The number of carbonyl (C=O) groups is 2. The molecule has 2 aromatic rings. The van der Waals surface area contributed by atoms with Crippen molar-refractivity contribution in [1.82, 2.24) is 9.62 Å². The number of nitrogens with zero attached hydrogens (tertiary/aromatic N) is 1. The van der Waals surface area contributed by atoms with Crippen LogP contribution in [0.5, 0.6) is 0 Å². The lowest BCUT2D eigenvalue weighted by Gasteiger charge is -2.31. The predicted octanol–water partition coefficient (Wildman–Crippen LogP) is 3.32. The van der Waals surface area contributed by atoms with Gasteiger partial charge in [-0.15, -0.1) is 11.3 Å². The van der Waals surface area contributed by atoms with E-state index >= 15 is 0 Å². The minimum absolute atomic E-state index is 0.0215. The fourth-order valence-electron chi connectivity index (χ4n) is 3.33. The van der Waals surface area contributed by atoms with Crippen molar-refractivity contribution in [3.63, 3.8) is 0 Å². The zero-order valence-electron chi connectivity index (χ0n) is 17.0. The summed E-state index contributed by atoms with van der Waals surface area (Å²) in [4.78, 5) is 27.7. The fraction of sp³-hybridized carbons (Fsp3) is 0.429. The summed E-state index contributed by atoms with van der Waals surface area (Å²) >= 11 is 1.42. The first kappa shape index (κ1) is 22.5. The van der Waals surface area contributed by atoms with Crippen LogP contribution in [0.15, 0.2) is 46.7 Å². The molecule has 2 heterocycles. The minimum Gasteiger partial charge on any atom is -0.338 e. The van der Waals surface area contributed by atoms with Gasteiger partial charge in [0, 0.05) is 31.2 Å². The molecule has 1 aromatic carbocycles. The van der Waals surface area contributed by atoms with Gasteiger partial charge in [0.05, 0.1) is 9.77 Å². The molecule has 0 bridgehead atoms. The average molecular weight is 450 g/mol. The molecule has 1 aliphatic rings. The first-order valence-electron chi connectivity index (χ1n) is 10.1. The quantitative estimate of drug-likeness (QED) is 0.605. The van der Waals surface area contributed by atoms with Gasteiger partial charge in [-0.2, -0.15) is 0 Å². The highest BCUT2D eigenvalue weighted by atomic mass is 32.2. The minimum atomic E-state index is -3.53. The number of anilines is 1. The normalized spacial score (nSPS) is 15.2. The highest BCUT2D eigenvalue weighted by molar-refractivity contribution is 7.89. The third kappa shape index (κ3) is 5.68.